The highest BCUT2D eigenvalue weighted by atomic mass is 16.6. The van der Waals surface area contributed by atoms with Gasteiger partial charge in [0.25, 0.3) is 0 Å². The molecule has 2 amide bonds. The Hall–Kier alpha value is -4.78. The van der Waals surface area contributed by atoms with Crippen molar-refractivity contribution in [3.8, 4) is 23.1 Å². The molecule has 4 aromatic rings. The molecular formula is C37H46N6O4. The summed E-state index contributed by atoms with van der Waals surface area (Å²) in [5, 5.41) is 7.54. The van der Waals surface area contributed by atoms with E-state index in [9.17, 15) is 9.59 Å². The van der Waals surface area contributed by atoms with Crippen LogP contribution in [0.1, 0.15) is 97.3 Å². The number of nitrogens with zero attached hydrogens (tertiary/aromatic N) is 4. The topological polar surface area (TPSA) is 116 Å². The van der Waals surface area contributed by atoms with Crippen molar-refractivity contribution < 1.29 is 19.1 Å². The van der Waals surface area contributed by atoms with Crippen LogP contribution in [-0.4, -0.2) is 66.4 Å². The Morgan fingerprint density at radius 2 is 1.66 bits per heavy atom. The second-order valence-corrected chi connectivity index (χ2v) is 14.3. The number of carbonyl (C=O) groups is 2. The van der Waals surface area contributed by atoms with Gasteiger partial charge in [-0.25, -0.2) is 14.6 Å². The standard InChI is InChI=1S/C37H46N6O4/c1-9-20-42(33(44)46-35(2,3)4)24-28-23-30(41-40-28)27-16-13-25(14-17-27)11-12-26-15-18-29-31(22-26)39-32(38-29)37(8)19-10-21-43(37)34(45)47-36(5,6)7/h13-18,22-23H,9-10,19-21,24H2,1-8H3,(H,38,39)(H,40,41)/t37-/m1/s1. The number of hydrogen-bond acceptors (Lipinski definition) is 6. The number of likely N-dealkylation sites (tertiary alicyclic amines) is 1. The molecule has 5 rings (SSSR count). The molecule has 10 nitrogen and oxygen atoms in total. The second kappa shape index (κ2) is 13.1. The third-order valence-electron chi connectivity index (χ3n) is 7.92. The Morgan fingerprint density at radius 1 is 0.979 bits per heavy atom. The van der Waals surface area contributed by atoms with Crippen LogP contribution < -0.4 is 0 Å². The summed E-state index contributed by atoms with van der Waals surface area (Å²) in [6.07, 6.45) is 1.86. The summed E-state index contributed by atoms with van der Waals surface area (Å²) in [5.74, 6) is 7.27. The molecule has 1 aliphatic heterocycles. The highest BCUT2D eigenvalue weighted by molar-refractivity contribution is 5.78. The molecule has 0 unspecified atom stereocenters. The smallest absolute Gasteiger partial charge is 0.411 e. The van der Waals surface area contributed by atoms with Crippen molar-refractivity contribution in [3.05, 3.63) is 71.2 Å². The maximum absolute atomic E-state index is 13.0. The van der Waals surface area contributed by atoms with E-state index in [4.69, 9.17) is 14.5 Å². The average Bonchev–Trinajstić information content (AvgIpc) is 3.73. The summed E-state index contributed by atoms with van der Waals surface area (Å²) in [5.41, 5.74) is 4.32. The van der Waals surface area contributed by atoms with Gasteiger partial charge in [-0.05, 0) is 104 Å². The molecule has 1 atom stereocenters. The number of imidazole rings is 1. The first-order valence-electron chi connectivity index (χ1n) is 16.3. The van der Waals surface area contributed by atoms with Crippen molar-refractivity contribution in [3.63, 3.8) is 0 Å². The van der Waals surface area contributed by atoms with Crippen LogP contribution in [0, 0.1) is 11.8 Å². The van der Waals surface area contributed by atoms with Crippen LogP contribution in [0.15, 0.2) is 48.5 Å². The number of fused-ring (bicyclic) bond motifs is 1. The maximum atomic E-state index is 13.0. The number of amides is 2. The number of hydrogen-bond donors (Lipinski definition) is 2. The fraction of sp³-hybridized carbons (Fsp3) is 0.459. The van der Waals surface area contributed by atoms with Crippen LogP contribution in [0.4, 0.5) is 9.59 Å². The van der Waals surface area contributed by atoms with Gasteiger partial charge in [0, 0.05) is 29.8 Å². The molecule has 10 heteroatoms. The lowest BCUT2D eigenvalue weighted by molar-refractivity contribution is 0.00862. The Kier molecular flexibility index (Phi) is 9.39. The minimum atomic E-state index is -0.572. The molecule has 0 bridgehead atoms. The summed E-state index contributed by atoms with van der Waals surface area (Å²) in [4.78, 5) is 37.4. The first-order valence-corrected chi connectivity index (χ1v) is 16.3. The lowest BCUT2D eigenvalue weighted by Crippen LogP contribution is -2.46. The minimum absolute atomic E-state index is 0.319. The highest BCUT2D eigenvalue weighted by Gasteiger charge is 2.45. The van der Waals surface area contributed by atoms with Crippen LogP contribution >= 0.6 is 0 Å². The zero-order chi connectivity index (χ0) is 34.0. The molecule has 0 aliphatic carbocycles. The predicted molar refractivity (Wildman–Crippen MR) is 183 cm³/mol. The van der Waals surface area contributed by atoms with E-state index in [1.165, 1.54) is 0 Å². The molecule has 248 valence electrons. The third kappa shape index (κ3) is 8.15. The van der Waals surface area contributed by atoms with E-state index in [0.717, 1.165) is 64.2 Å². The normalized spacial score (nSPS) is 16.6. The van der Waals surface area contributed by atoms with Gasteiger partial charge in [-0.3, -0.25) is 10.00 Å². The molecule has 3 heterocycles. The number of H-pyrrole nitrogens is 2. The average molecular weight is 639 g/mol. The molecule has 47 heavy (non-hydrogen) atoms. The lowest BCUT2D eigenvalue weighted by Gasteiger charge is -2.34. The molecular weight excluding hydrogens is 592 g/mol. The van der Waals surface area contributed by atoms with E-state index in [0.29, 0.717) is 19.6 Å². The highest BCUT2D eigenvalue weighted by Crippen LogP contribution is 2.39. The molecule has 2 N–H and O–H groups in total. The van der Waals surface area contributed by atoms with Crippen LogP contribution in [0.2, 0.25) is 0 Å². The lowest BCUT2D eigenvalue weighted by atomic mass is 9.98. The number of benzene rings is 2. The Morgan fingerprint density at radius 3 is 2.34 bits per heavy atom. The van der Waals surface area contributed by atoms with Gasteiger partial charge < -0.3 is 19.4 Å². The van der Waals surface area contributed by atoms with Crippen molar-refractivity contribution in [1.29, 1.82) is 0 Å². The van der Waals surface area contributed by atoms with E-state index in [-0.39, 0.29) is 12.2 Å². The first-order chi connectivity index (χ1) is 22.1. The van der Waals surface area contributed by atoms with E-state index < -0.39 is 16.7 Å². The van der Waals surface area contributed by atoms with E-state index in [1.54, 1.807) is 9.80 Å². The number of aromatic amines is 2. The second-order valence-electron chi connectivity index (χ2n) is 14.3. The number of carbonyl (C=O) groups excluding carboxylic acids is 2. The number of nitrogens with one attached hydrogen (secondary N) is 2. The molecule has 1 fully saturated rings. The number of ether oxygens (including phenoxy) is 2. The Bertz CT molecular complexity index is 1800. The number of aromatic nitrogens is 4. The fourth-order valence-corrected chi connectivity index (χ4v) is 5.66. The Labute approximate surface area is 277 Å². The van der Waals surface area contributed by atoms with Gasteiger partial charge in [0.2, 0.25) is 0 Å². The molecule has 2 aromatic heterocycles. The van der Waals surface area contributed by atoms with Gasteiger partial charge in [-0.1, -0.05) is 30.9 Å². The quantitative estimate of drug-likeness (QED) is 0.209. The molecule has 0 saturated carbocycles. The van der Waals surface area contributed by atoms with Crippen molar-refractivity contribution in [2.45, 2.75) is 97.9 Å². The van der Waals surface area contributed by atoms with Crippen LogP contribution in [0.3, 0.4) is 0 Å². The molecule has 2 aromatic carbocycles. The van der Waals surface area contributed by atoms with Crippen LogP contribution in [-0.2, 0) is 21.6 Å². The summed E-state index contributed by atoms with van der Waals surface area (Å²) in [6.45, 7) is 16.9. The van der Waals surface area contributed by atoms with Gasteiger partial charge in [-0.15, -0.1) is 0 Å². The van der Waals surface area contributed by atoms with Crippen molar-refractivity contribution >= 4 is 23.2 Å². The van der Waals surface area contributed by atoms with Gasteiger partial charge in [0.15, 0.2) is 0 Å². The van der Waals surface area contributed by atoms with Crippen molar-refractivity contribution in [2.24, 2.45) is 0 Å². The predicted octanol–water partition coefficient (Wildman–Crippen LogP) is 7.75. The molecule has 0 radical (unpaired) electrons. The molecule has 1 saturated heterocycles. The third-order valence-corrected chi connectivity index (χ3v) is 7.92. The minimum Gasteiger partial charge on any atom is -0.444 e. The first kappa shape index (κ1) is 33.6. The fourth-order valence-electron chi connectivity index (χ4n) is 5.66. The summed E-state index contributed by atoms with van der Waals surface area (Å²) in [6, 6.07) is 15.8. The van der Waals surface area contributed by atoms with E-state index in [2.05, 4.69) is 27.0 Å². The molecule has 1 aliphatic rings. The SMILES string of the molecule is CCCN(Cc1cc(-c2ccc(C#Cc3ccc4nc([C@@]5(C)CCCN5C(=O)OC(C)(C)C)[nH]c4c3)cc2)n[nH]1)C(=O)OC(C)(C)C. The zero-order valence-corrected chi connectivity index (χ0v) is 28.8. The monoisotopic (exact) mass is 638 g/mol. The Balaban J connectivity index is 1.27. The van der Waals surface area contributed by atoms with Gasteiger partial charge >= 0.3 is 12.2 Å². The maximum Gasteiger partial charge on any atom is 0.411 e. The van der Waals surface area contributed by atoms with Gasteiger partial charge in [-0.2, -0.15) is 5.10 Å². The van der Waals surface area contributed by atoms with E-state index >= 15 is 0 Å². The van der Waals surface area contributed by atoms with Crippen molar-refractivity contribution in [1.82, 2.24) is 30.0 Å². The number of rotatable bonds is 6. The van der Waals surface area contributed by atoms with E-state index in [1.807, 2.05) is 104 Å². The summed E-state index contributed by atoms with van der Waals surface area (Å²) < 4.78 is 11.3. The zero-order valence-electron chi connectivity index (χ0n) is 28.8. The van der Waals surface area contributed by atoms with Gasteiger partial charge in [0.1, 0.15) is 22.6 Å². The van der Waals surface area contributed by atoms with Crippen molar-refractivity contribution in [2.75, 3.05) is 13.1 Å². The van der Waals surface area contributed by atoms with Gasteiger partial charge in [0.05, 0.1) is 29.0 Å². The molecule has 0 spiro atoms. The summed E-state index contributed by atoms with van der Waals surface area (Å²) in [7, 11) is 0. The largest absolute Gasteiger partial charge is 0.444 e. The summed E-state index contributed by atoms with van der Waals surface area (Å²) >= 11 is 0. The van der Waals surface area contributed by atoms with Crippen LogP contribution in [0.5, 0.6) is 0 Å². The van der Waals surface area contributed by atoms with Crippen LogP contribution in [0.25, 0.3) is 22.3 Å².